The number of nitrogens with zero attached hydrogens (tertiary/aromatic N) is 4. The van der Waals surface area contributed by atoms with Crippen LogP contribution in [0.2, 0.25) is 0 Å². The van der Waals surface area contributed by atoms with Gasteiger partial charge in [-0.05, 0) is 32.4 Å². The van der Waals surface area contributed by atoms with E-state index in [1.165, 1.54) is 18.9 Å². The van der Waals surface area contributed by atoms with Crippen molar-refractivity contribution in [2.75, 3.05) is 30.8 Å². The quantitative estimate of drug-likeness (QED) is 0.646. The zero-order valence-corrected chi connectivity index (χ0v) is 11.5. The molecule has 2 aliphatic heterocycles. The van der Waals surface area contributed by atoms with E-state index in [0.29, 0.717) is 12.1 Å². The number of nitrogen functional groups attached to an aromatic ring is 1. The van der Waals surface area contributed by atoms with E-state index in [1.807, 2.05) is 0 Å². The second kappa shape index (κ2) is 4.90. The molecule has 2 bridgehead atoms. The van der Waals surface area contributed by atoms with Crippen LogP contribution in [0.4, 0.5) is 17.3 Å². The van der Waals surface area contributed by atoms with Gasteiger partial charge < -0.3 is 10.6 Å². The molecular weight excluding hydrogens is 258 g/mol. The number of rotatable bonds is 2. The highest BCUT2D eigenvalue weighted by Gasteiger charge is 2.35. The summed E-state index contributed by atoms with van der Waals surface area (Å²) in [5, 5.41) is 10.8. The second-order valence-electron chi connectivity index (χ2n) is 5.62. The lowest BCUT2D eigenvalue weighted by atomic mass is 10.1. The van der Waals surface area contributed by atoms with Crippen molar-refractivity contribution in [3.8, 4) is 0 Å². The Morgan fingerprint density at radius 1 is 1.35 bits per heavy atom. The van der Waals surface area contributed by atoms with Crippen molar-refractivity contribution in [1.82, 2.24) is 9.88 Å². The lowest BCUT2D eigenvalue weighted by molar-refractivity contribution is -0.384. The standard InChI is InChI=1S/C13H19N5O2/c1-16-9-2-3-10(16)8-17(7-6-9)12-5-4-11(18(19)20)13(14)15-12/h4-5,9-10H,2-3,6-8H2,1H3,(H2,14,15). The molecule has 1 aromatic heterocycles. The van der Waals surface area contributed by atoms with Gasteiger partial charge in [0.1, 0.15) is 5.82 Å². The van der Waals surface area contributed by atoms with E-state index in [4.69, 9.17) is 5.73 Å². The zero-order valence-electron chi connectivity index (χ0n) is 11.5. The van der Waals surface area contributed by atoms with E-state index < -0.39 is 4.92 Å². The maximum absolute atomic E-state index is 10.8. The molecule has 2 aliphatic rings. The van der Waals surface area contributed by atoms with E-state index in [-0.39, 0.29) is 11.5 Å². The van der Waals surface area contributed by atoms with E-state index in [2.05, 4.69) is 21.8 Å². The Hall–Kier alpha value is -1.89. The Balaban J connectivity index is 1.83. The molecule has 7 heteroatoms. The van der Waals surface area contributed by atoms with Crippen molar-refractivity contribution in [3.63, 3.8) is 0 Å². The van der Waals surface area contributed by atoms with Gasteiger partial charge in [-0.2, -0.15) is 0 Å². The summed E-state index contributed by atoms with van der Waals surface area (Å²) in [5.41, 5.74) is 5.56. The number of pyridine rings is 1. The summed E-state index contributed by atoms with van der Waals surface area (Å²) in [6, 6.07) is 4.35. The van der Waals surface area contributed by atoms with Crippen LogP contribution in [0.15, 0.2) is 12.1 Å². The maximum atomic E-state index is 10.8. The Morgan fingerprint density at radius 3 is 2.80 bits per heavy atom. The van der Waals surface area contributed by atoms with Crippen LogP contribution in [0, 0.1) is 10.1 Å². The van der Waals surface area contributed by atoms with Crippen LogP contribution in [0.3, 0.4) is 0 Å². The third-order valence-corrected chi connectivity index (χ3v) is 4.56. The van der Waals surface area contributed by atoms with Gasteiger partial charge in [0.2, 0.25) is 5.82 Å². The van der Waals surface area contributed by atoms with Crippen molar-refractivity contribution >= 4 is 17.3 Å². The largest absolute Gasteiger partial charge is 0.378 e. The number of nitrogens with two attached hydrogens (primary N) is 1. The number of anilines is 2. The molecule has 0 aliphatic carbocycles. The van der Waals surface area contributed by atoms with Crippen LogP contribution in [0.5, 0.6) is 0 Å². The molecule has 0 aromatic carbocycles. The van der Waals surface area contributed by atoms with Crippen LogP contribution in [0.1, 0.15) is 19.3 Å². The second-order valence-corrected chi connectivity index (χ2v) is 5.62. The molecule has 0 amide bonds. The summed E-state index contributed by atoms with van der Waals surface area (Å²) in [4.78, 5) is 19.1. The molecular formula is C13H19N5O2. The van der Waals surface area contributed by atoms with E-state index in [0.717, 1.165) is 25.3 Å². The summed E-state index contributed by atoms with van der Waals surface area (Å²) in [6.07, 6.45) is 3.58. The smallest absolute Gasteiger partial charge is 0.311 e. The van der Waals surface area contributed by atoms with Crippen LogP contribution in [-0.4, -0.2) is 47.0 Å². The van der Waals surface area contributed by atoms with Gasteiger partial charge in [0.15, 0.2) is 0 Å². The fourth-order valence-electron chi connectivity index (χ4n) is 3.30. The molecule has 2 fully saturated rings. The Morgan fingerprint density at radius 2 is 2.10 bits per heavy atom. The van der Waals surface area contributed by atoms with E-state index in [9.17, 15) is 10.1 Å². The first-order valence-electron chi connectivity index (χ1n) is 6.94. The van der Waals surface area contributed by atoms with Gasteiger partial charge in [-0.25, -0.2) is 4.98 Å². The molecule has 7 nitrogen and oxygen atoms in total. The van der Waals surface area contributed by atoms with Gasteiger partial charge in [0, 0.05) is 31.2 Å². The lowest BCUT2D eigenvalue weighted by Crippen LogP contribution is -2.37. The molecule has 0 spiro atoms. The van der Waals surface area contributed by atoms with Crippen LogP contribution >= 0.6 is 0 Å². The molecule has 2 saturated heterocycles. The number of likely N-dealkylation sites (N-methyl/N-ethyl adjacent to an activating group) is 1. The lowest BCUT2D eigenvalue weighted by Gasteiger charge is -2.26. The van der Waals surface area contributed by atoms with Gasteiger partial charge in [-0.3, -0.25) is 15.0 Å². The fraction of sp³-hybridized carbons (Fsp3) is 0.615. The van der Waals surface area contributed by atoms with Crippen LogP contribution in [0.25, 0.3) is 0 Å². The monoisotopic (exact) mass is 277 g/mol. The topological polar surface area (TPSA) is 88.5 Å². The molecule has 0 saturated carbocycles. The van der Waals surface area contributed by atoms with Gasteiger partial charge in [-0.15, -0.1) is 0 Å². The first-order chi connectivity index (χ1) is 9.56. The normalized spacial score (nSPS) is 26.6. The van der Waals surface area contributed by atoms with Gasteiger partial charge >= 0.3 is 5.69 Å². The van der Waals surface area contributed by atoms with Gasteiger partial charge in [0.25, 0.3) is 0 Å². The number of hydrogen-bond acceptors (Lipinski definition) is 6. The van der Waals surface area contributed by atoms with E-state index >= 15 is 0 Å². The highest BCUT2D eigenvalue weighted by atomic mass is 16.6. The molecule has 0 radical (unpaired) electrons. The van der Waals surface area contributed by atoms with Crippen molar-refractivity contribution in [2.45, 2.75) is 31.3 Å². The summed E-state index contributed by atoms with van der Waals surface area (Å²) in [7, 11) is 2.18. The minimum Gasteiger partial charge on any atom is -0.378 e. The SMILES string of the molecule is CN1C2CCC1CN(c1ccc([N+](=O)[O-])c(N)n1)CC2. The van der Waals surface area contributed by atoms with Crippen molar-refractivity contribution < 1.29 is 4.92 Å². The minimum atomic E-state index is -0.496. The average Bonchev–Trinajstić information content (AvgIpc) is 2.62. The van der Waals surface area contributed by atoms with Gasteiger partial charge in [0.05, 0.1) is 4.92 Å². The summed E-state index contributed by atoms with van der Waals surface area (Å²) >= 11 is 0. The highest BCUT2D eigenvalue weighted by Crippen LogP contribution is 2.31. The number of aromatic nitrogens is 1. The summed E-state index contributed by atoms with van der Waals surface area (Å²) in [6.45, 7) is 1.84. The summed E-state index contributed by atoms with van der Waals surface area (Å²) < 4.78 is 0. The molecule has 3 heterocycles. The third kappa shape index (κ3) is 2.18. The summed E-state index contributed by atoms with van der Waals surface area (Å²) in [5.74, 6) is 0.740. The van der Waals surface area contributed by atoms with Crippen molar-refractivity contribution in [2.24, 2.45) is 0 Å². The first-order valence-corrected chi connectivity index (χ1v) is 6.94. The molecule has 2 unspecified atom stereocenters. The van der Waals surface area contributed by atoms with Crippen molar-refractivity contribution in [1.29, 1.82) is 0 Å². The molecule has 3 rings (SSSR count). The van der Waals surface area contributed by atoms with Crippen molar-refractivity contribution in [3.05, 3.63) is 22.2 Å². The first kappa shape index (κ1) is 13.1. The maximum Gasteiger partial charge on any atom is 0.311 e. The predicted molar refractivity (Wildman–Crippen MR) is 76.7 cm³/mol. The molecule has 2 N–H and O–H groups in total. The average molecular weight is 277 g/mol. The molecule has 20 heavy (non-hydrogen) atoms. The van der Waals surface area contributed by atoms with Gasteiger partial charge in [-0.1, -0.05) is 0 Å². The fourth-order valence-corrected chi connectivity index (χ4v) is 3.30. The highest BCUT2D eigenvalue weighted by molar-refractivity contribution is 5.58. The Kier molecular flexibility index (Phi) is 3.21. The Bertz CT molecular complexity index is 535. The number of nitro groups is 1. The minimum absolute atomic E-state index is 0.00439. The van der Waals surface area contributed by atoms with E-state index in [1.54, 1.807) is 6.07 Å². The molecule has 2 atom stereocenters. The Labute approximate surface area is 117 Å². The number of fused-ring (bicyclic) bond motifs is 2. The predicted octanol–water partition coefficient (Wildman–Crippen LogP) is 1.24. The van der Waals surface area contributed by atoms with Crippen LogP contribution < -0.4 is 10.6 Å². The molecule has 108 valence electrons. The number of hydrogen-bond donors (Lipinski definition) is 1. The van der Waals surface area contributed by atoms with Crippen LogP contribution in [-0.2, 0) is 0 Å². The zero-order chi connectivity index (χ0) is 14.3. The molecule has 1 aromatic rings. The third-order valence-electron chi connectivity index (χ3n) is 4.56.